The van der Waals surface area contributed by atoms with Gasteiger partial charge in [0.2, 0.25) is 0 Å². The molecule has 0 amide bonds. The molecule has 0 spiro atoms. The number of rotatable bonds is 3. The smallest absolute Gasteiger partial charge is 0.337 e. The molecule has 0 unspecified atom stereocenters. The predicted octanol–water partition coefficient (Wildman–Crippen LogP) is 2.17. The monoisotopic (exact) mass is 296 g/mol. The van der Waals surface area contributed by atoms with Gasteiger partial charge in [0.25, 0.3) is 0 Å². The maximum Gasteiger partial charge on any atom is 0.337 e. The Balaban J connectivity index is 1.99. The fourth-order valence-corrected chi connectivity index (χ4v) is 2.56. The second-order valence-corrected chi connectivity index (χ2v) is 5.10. The van der Waals surface area contributed by atoms with E-state index in [1.807, 2.05) is 36.4 Å². The first kappa shape index (κ1) is 14.1. The number of aromatic nitrogens is 2. The van der Waals surface area contributed by atoms with Gasteiger partial charge in [-0.2, -0.15) is 0 Å². The summed E-state index contributed by atoms with van der Waals surface area (Å²) in [6.07, 6.45) is 0. The molecule has 0 atom stereocenters. The molecule has 5 heteroatoms. The van der Waals surface area contributed by atoms with Gasteiger partial charge >= 0.3 is 11.7 Å². The van der Waals surface area contributed by atoms with Crippen molar-refractivity contribution in [1.29, 1.82) is 0 Å². The van der Waals surface area contributed by atoms with Crippen LogP contribution in [0.3, 0.4) is 0 Å². The Hall–Kier alpha value is -2.82. The van der Waals surface area contributed by atoms with E-state index in [0.29, 0.717) is 12.1 Å². The van der Waals surface area contributed by atoms with Crippen LogP contribution < -0.4 is 5.69 Å². The number of carbonyl (C=O) groups is 1. The van der Waals surface area contributed by atoms with E-state index < -0.39 is 0 Å². The van der Waals surface area contributed by atoms with Crippen molar-refractivity contribution in [3.8, 4) is 0 Å². The number of carbonyl (C=O) groups excluding carboxylic acids is 1. The van der Waals surface area contributed by atoms with Gasteiger partial charge in [-0.15, -0.1) is 0 Å². The van der Waals surface area contributed by atoms with Gasteiger partial charge in [0.05, 0.1) is 30.3 Å². The summed E-state index contributed by atoms with van der Waals surface area (Å²) in [5.41, 5.74) is 3.19. The van der Waals surface area contributed by atoms with Gasteiger partial charge in [-0.05, 0) is 29.8 Å². The molecule has 22 heavy (non-hydrogen) atoms. The van der Waals surface area contributed by atoms with Crippen LogP contribution in [-0.2, 0) is 18.3 Å². The normalized spacial score (nSPS) is 10.8. The molecule has 0 aliphatic carbocycles. The van der Waals surface area contributed by atoms with Crippen LogP contribution in [0.5, 0.6) is 0 Å². The molecule has 1 aromatic heterocycles. The Morgan fingerprint density at radius 1 is 1.05 bits per heavy atom. The Kier molecular flexibility index (Phi) is 3.55. The fourth-order valence-electron chi connectivity index (χ4n) is 2.56. The molecule has 3 rings (SSSR count). The second kappa shape index (κ2) is 5.52. The number of ether oxygens (including phenoxy) is 1. The quantitative estimate of drug-likeness (QED) is 0.696. The number of para-hydroxylation sites is 2. The lowest BCUT2D eigenvalue weighted by Crippen LogP contribution is -2.22. The van der Waals surface area contributed by atoms with E-state index in [2.05, 4.69) is 4.74 Å². The molecule has 5 nitrogen and oxygen atoms in total. The lowest BCUT2D eigenvalue weighted by Gasteiger charge is -2.05. The largest absolute Gasteiger partial charge is 0.465 e. The second-order valence-electron chi connectivity index (χ2n) is 5.10. The minimum atomic E-state index is -0.367. The minimum absolute atomic E-state index is 0.0572. The van der Waals surface area contributed by atoms with E-state index in [4.69, 9.17) is 0 Å². The molecule has 0 saturated heterocycles. The molecule has 3 aromatic rings. The van der Waals surface area contributed by atoms with E-state index in [9.17, 15) is 9.59 Å². The van der Waals surface area contributed by atoms with Crippen molar-refractivity contribution in [3.63, 3.8) is 0 Å². The van der Waals surface area contributed by atoms with E-state index in [1.54, 1.807) is 28.3 Å². The van der Waals surface area contributed by atoms with Gasteiger partial charge in [-0.3, -0.25) is 9.13 Å². The third-order valence-corrected chi connectivity index (χ3v) is 3.77. The number of esters is 1. The third kappa shape index (κ3) is 2.30. The highest BCUT2D eigenvalue weighted by atomic mass is 16.5. The molecule has 0 fully saturated rings. The number of methoxy groups -OCH3 is 1. The van der Waals surface area contributed by atoms with Gasteiger partial charge in [-0.25, -0.2) is 9.59 Å². The molecule has 0 radical (unpaired) electrons. The Morgan fingerprint density at radius 2 is 1.68 bits per heavy atom. The van der Waals surface area contributed by atoms with Crippen LogP contribution in [0.2, 0.25) is 0 Å². The van der Waals surface area contributed by atoms with Crippen molar-refractivity contribution in [3.05, 3.63) is 70.1 Å². The molecule has 0 bridgehead atoms. The summed E-state index contributed by atoms with van der Waals surface area (Å²) in [6.45, 7) is 0.460. The van der Waals surface area contributed by atoms with Crippen molar-refractivity contribution in [2.75, 3.05) is 7.11 Å². The van der Waals surface area contributed by atoms with Crippen LogP contribution in [0.25, 0.3) is 11.0 Å². The van der Waals surface area contributed by atoms with E-state index in [1.165, 1.54) is 7.11 Å². The standard InChI is InChI=1S/C17H16N2O3/c1-18-14-5-3-4-6-15(14)19(17(18)21)11-12-7-9-13(10-8-12)16(20)22-2/h3-10H,11H2,1-2H3. The molecule has 0 N–H and O–H groups in total. The van der Waals surface area contributed by atoms with Crippen LogP contribution in [0.1, 0.15) is 15.9 Å². The number of aryl methyl sites for hydroxylation is 1. The van der Waals surface area contributed by atoms with Crippen molar-refractivity contribution < 1.29 is 9.53 Å². The average molecular weight is 296 g/mol. The summed E-state index contributed by atoms with van der Waals surface area (Å²) >= 11 is 0. The van der Waals surface area contributed by atoms with E-state index >= 15 is 0 Å². The molecular weight excluding hydrogens is 280 g/mol. The van der Waals surface area contributed by atoms with Gasteiger partial charge < -0.3 is 4.74 Å². The topological polar surface area (TPSA) is 53.2 Å². The summed E-state index contributed by atoms with van der Waals surface area (Å²) in [6, 6.07) is 14.8. The number of fused-ring (bicyclic) bond motifs is 1. The summed E-state index contributed by atoms with van der Waals surface area (Å²) in [4.78, 5) is 23.8. The van der Waals surface area contributed by atoms with Gasteiger partial charge in [-0.1, -0.05) is 24.3 Å². The lowest BCUT2D eigenvalue weighted by atomic mass is 10.1. The number of hydrogen-bond acceptors (Lipinski definition) is 3. The summed E-state index contributed by atoms with van der Waals surface area (Å²) in [5.74, 6) is -0.367. The lowest BCUT2D eigenvalue weighted by molar-refractivity contribution is 0.0600. The highest BCUT2D eigenvalue weighted by Crippen LogP contribution is 2.14. The molecule has 112 valence electrons. The molecule has 0 saturated carbocycles. The van der Waals surface area contributed by atoms with Gasteiger partial charge in [0, 0.05) is 7.05 Å². The van der Waals surface area contributed by atoms with Crippen molar-refractivity contribution in [2.45, 2.75) is 6.54 Å². The SMILES string of the molecule is COC(=O)c1ccc(Cn2c(=O)n(C)c3ccccc32)cc1. The Labute approximate surface area is 127 Å². The number of hydrogen-bond donors (Lipinski definition) is 0. The fraction of sp³-hybridized carbons (Fsp3) is 0.176. The highest BCUT2D eigenvalue weighted by Gasteiger charge is 2.11. The maximum absolute atomic E-state index is 12.4. The first-order valence-corrected chi connectivity index (χ1v) is 6.93. The first-order chi connectivity index (χ1) is 10.6. The summed E-state index contributed by atoms with van der Waals surface area (Å²) in [7, 11) is 3.12. The van der Waals surface area contributed by atoms with Crippen LogP contribution in [-0.4, -0.2) is 22.2 Å². The van der Waals surface area contributed by atoms with Gasteiger partial charge in [0.1, 0.15) is 0 Å². The van der Waals surface area contributed by atoms with Crippen molar-refractivity contribution in [1.82, 2.24) is 9.13 Å². The molecular formula is C17H16N2O3. The summed E-state index contributed by atoms with van der Waals surface area (Å²) < 4.78 is 8.04. The molecule has 0 aliphatic rings. The molecule has 1 heterocycles. The van der Waals surface area contributed by atoms with Gasteiger partial charge in [0.15, 0.2) is 0 Å². The van der Waals surface area contributed by atoms with Crippen LogP contribution >= 0.6 is 0 Å². The minimum Gasteiger partial charge on any atom is -0.465 e. The molecule has 2 aromatic carbocycles. The zero-order chi connectivity index (χ0) is 15.7. The zero-order valence-corrected chi connectivity index (χ0v) is 12.4. The maximum atomic E-state index is 12.4. The zero-order valence-electron chi connectivity index (χ0n) is 12.4. The average Bonchev–Trinajstić information content (AvgIpc) is 2.80. The van der Waals surface area contributed by atoms with E-state index in [0.717, 1.165) is 16.6 Å². The van der Waals surface area contributed by atoms with Crippen LogP contribution in [0, 0.1) is 0 Å². The van der Waals surface area contributed by atoms with Crippen molar-refractivity contribution >= 4 is 17.0 Å². The third-order valence-electron chi connectivity index (χ3n) is 3.77. The van der Waals surface area contributed by atoms with E-state index in [-0.39, 0.29) is 11.7 Å². The molecule has 0 aliphatic heterocycles. The number of imidazole rings is 1. The predicted molar refractivity (Wildman–Crippen MR) is 84.1 cm³/mol. The first-order valence-electron chi connectivity index (χ1n) is 6.93. The van der Waals surface area contributed by atoms with Crippen LogP contribution in [0.15, 0.2) is 53.3 Å². The Bertz CT molecular complexity index is 888. The highest BCUT2D eigenvalue weighted by molar-refractivity contribution is 5.89. The van der Waals surface area contributed by atoms with Crippen LogP contribution in [0.4, 0.5) is 0 Å². The van der Waals surface area contributed by atoms with Crippen molar-refractivity contribution in [2.24, 2.45) is 7.05 Å². The number of benzene rings is 2. The Morgan fingerprint density at radius 3 is 2.32 bits per heavy atom. The number of nitrogens with zero attached hydrogens (tertiary/aromatic N) is 2. The summed E-state index contributed by atoms with van der Waals surface area (Å²) in [5, 5.41) is 0.